The van der Waals surface area contributed by atoms with E-state index in [1.165, 1.54) is 11.8 Å². The molecule has 3 aromatic heterocycles. The summed E-state index contributed by atoms with van der Waals surface area (Å²) >= 11 is 1.57. The Balaban J connectivity index is 0.950. The molecule has 70 heavy (non-hydrogen) atoms. The van der Waals surface area contributed by atoms with Crippen LogP contribution in [0, 0.1) is 40.0 Å². The number of nitrogens with one attached hydrogen (secondary N) is 2. The summed E-state index contributed by atoms with van der Waals surface area (Å²) in [6, 6.07) is 20.6. The van der Waals surface area contributed by atoms with Crippen LogP contribution in [-0.2, 0) is 28.7 Å². The standard InChI is InChI=1S/C54H66N8O7S/c1-33-14-15-42(49-35(3)59-69-37(49)5)28-46(33)61(44-22-20-43(21-23-44)60-26-24-55-38(60)6)25-12-11-13-27-67-31-48(64)58-51(54(8,9)10)53(66)62-30-45(68-39(7)63)29-47(62)52(65)57-34(2)40-16-18-41(19-17-40)50-36(4)56-32-70-50/h14-24,26,28,32,34,45,47,51H,11-13,25,27,29-31H2,1-10H3,(H,57,65)(H,58,64)/t34-,45+,47-,51+/m0/s1. The minimum Gasteiger partial charge on any atom is -0.461 e. The SMILES string of the molecule is CC(=O)O[C@@H]1C[C@@H](C(=O)N[C@@H](C)c2ccc(-c3scnc3C)cc2)N(C(=O)[C@@H](NC(=O)COCCCCCN(c2ccc(-n3ccnc3C)cc2)c2cc(-c3c(C)noc3C)ccc2C)C(C)(C)C)C1. The lowest BCUT2D eigenvalue weighted by Gasteiger charge is -2.35. The van der Waals surface area contributed by atoms with Crippen LogP contribution in [0.1, 0.15) is 100 Å². The zero-order valence-electron chi connectivity index (χ0n) is 42.0. The van der Waals surface area contributed by atoms with Crippen LogP contribution in [0.2, 0.25) is 0 Å². The average molecular weight is 971 g/mol. The molecule has 0 saturated carbocycles. The Morgan fingerprint density at radius 1 is 0.900 bits per heavy atom. The summed E-state index contributed by atoms with van der Waals surface area (Å²) in [5.74, 6) is -0.0632. The summed E-state index contributed by atoms with van der Waals surface area (Å²) in [5.41, 5.74) is 11.2. The molecule has 4 heterocycles. The maximum absolute atomic E-state index is 14.5. The summed E-state index contributed by atoms with van der Waals surface area (Å²) in [4.78, 5) is 67.6. The summed E-state index contributed by atoms with van der Waals surface area (Å²) in [6.07, 6.45) is 5.62. The van der Waals surface area contributed by atoms with E-state index in [1.807, 2.05) is 91.4 Å². The smallest absolute Gasteiger partial charge is 0.302 e. The topological polar surface area (TPSA) is 174 Å². The second-order valence-electron chi connectivity index (χ2n) is 19.3. The van der Waals surface area contributed by atoms with Crippen LogP contribution in [0.5, 0.6) is 0 Å². The number of anilines is 2. The number of likely N-dealkylation sites (tertiary alicyclic amines) is 1. The molecule has 3 aromatic carbocycles. The maximum Gasteiger partial charge on any atom is 0.302 e. The Morgan fingerprint density at radius 2 is 1.63 bits per heavy atom. The zero-order valence-corrected chi connectivity index (χ0v) is 42.8. The molecule has 4 atom stereocenters. The van der Waals surface area contributed by atoms with Gasteiger partial charge < -0.3 is 39.0 Å². The normalized spacial score (nSPS) is 15.7. The highest BCUT2D eigenvalue weighted by atomic mass is 32.1. The molecule has 0 bridgehead atoms. The number of esters is 1. The number of unbranched alkanes of at least 4 members (excludes halogenated alkanes) is 2. The summed E-state index contributed by atoms with van der Waals surface area (Å²) in [5, 5.41) is 10.2. The number of amides is 3. The van der Waals surface area contributed by atoms with E-state index in [0.717, 1.165) is 98.5 Å². The fourth-order valence-corrected chi connectivity index (χ4v) is 9.93. The molecule has 1 fully saturated rings. The van der Waals surface area contributed by atoms with Crippen LogP contribution < -0.4 is 15.5 Å². The lowest BCUT2D eigenvalue weighted by molar-refractivity contribution is -0.147. The first-order valence-electron chi connectivity index (χ1n) is 24.0. The minimum atomic E-state index is -0.987. The molecule has 7 rings (SSSR count). The molecule has 370 valence electrons. The molecule has 15 nitrogen and oxygen atoms in total. The largest absolute Gasteiger partial charge is 0.461 e. The van der Waals surface area contributed by atoms with Crippen LogP contribution in [-0.4, -0.2) is 92.8 Å². The van der Waals surface area contributed by atoms with E-state index < -0.39 is 41.4 Å². The summed E-state index contributed by atoms with van der Waals surface area (Å²) in [6.45, 7) is 19.6. The molecule has 0 spiro atoms. The first-order chi connectivity index (χ1) is 33.4. The minimum absolute atomic E-state index is 0.0207. The van der Waals surface area contributed by atoms with Crippen molar-refractivity contribution in [2.45, 2.75) is 119 Å². The lowest BCUT2D eigenvalue weighted by atomic mass is 9.85. The van der Waals surface area contributed by atoms with Gasteiger partial charge in [0.15, 0.2) is 0 Å². The molecule has 16 heteroatoms. The average Bonchev–Trinajstić information content (AvgIpc) is 4.13. The first kappa shape index (κ1) is 51.2. The number of hydrogen-bond acceptors (Lipinski definition) is 12. The predicted molar refractivity (Wildman–Crippen MR) is 272 cm³/mol. The van der Waals surface area contributed by atoms with E-state index in [1.54, 1.807) is 17.5 Å². The molecule has 6 aromatic rings. The highest BCUT2D eigenvalue weighted by Crippen LogP contribution is 2.36. The first-order valence-corrected chi connectivity index (χ1v) is 24.8. The van der Waals surface area contributed by atoms with E-state index in [0.29, 0.717) is 6.61 Å². The van der Waals surface area contributed by atoms with Crippen molar-refractivity contribution in [1.82, 2.24) is 35.2 Å². The van der Waals surface area contributed by atoms with E-state index in [9.17, 15) is 19.2 Å². The van der Waals surface area contributed by atoms with Crippen molar-refractivity contribution >= 4 is 46.4 Å². The van der Waals surface area contributed by atoms with Gasteiger partial charge in [-0.15, -0.1) is 11.3 Å². The van der Waals surface area contributed by atoms with Crippen LogP contribution in [0.4, 0.5) is 11.4 Å². The van der Waals surface area contributed by atoms with E-state index in [2.05, 4.69) is 84.6 Å². The Hall–Kier alpha value is -6.65. The van der Waals surface area contributed by atoms with Crippen molar-refractivity contribution in [1.29, 1.82) is 0 Å². The second-order valence-corrected chi connectivity index (χ2v) is 20.1. The Morgan fingerprint density at radius 3 is 2.26 bits per heavy atom. The van der Waals surface area contributed by atoms with Crippen molar-refractivity contribution in [3.63, 3.8) is 0 Å². The van der Waals surface area contributed by atoms with Gasteiger partial charge in [0, 0.05) is 61.5 Å². The number of ether oxygens (including phenoxy) is 2. The van der Waals surface area contributed by atoms with Crippen molar-refractivity contribution in [2.75, 3.05) is 31.2 Å². The molecule has 0 aliphatic carbocycles. The van der Waals surface area contributed by atoms with Gasteiger partial charge in [-0.1, -0.05) is 62.3 Å². The Bertz CT molecular complexity index is 2750. The van der Waals surface area contributed by atoms with Crippen LogP contribution in [0.25, 0.3) is 27.3 Å². The number of thiazole rings is 1. The van der Waals surface area contributed by atoms with E-state index >= 15 is 0 Å². The molecule has 1 saturated heterocycles. The Labute approximate surface area is 415 Å². The van der Waals surface area contributed by atoms with Gasteiger partial charge in [-0.05, 0) is 119 Å². The highest BCUT2D eigenvalue weighted by Gasteiger charge is 2.46. The molecule has 1 aliphatic heterocycles. The summed E-state index contributed by atoms with van der Waals surface area (Å²) in [7, 11) is 0. The number of nitrogens with zero attached hydrogens (tertiary/aromatic N) is 6. The number of carbonyl (C=O) groups excluding carboxylic acids is 4. The van der Waals surface area contributed by atoms with Gasteiger partial charge in [0.2, 0.25) is 17.7 Å². The maximum atomic E-state index is 14.5. The van der Waals surface area contributed by atoms with Gasteiger partial charge in [-0.25, -0.2) is 9.97 Å². The zero-order chi connectivity index (χ0) is 50.3. The van der Waals surface area contributed by atoms with Gasteiger partial charge in [0.25, 0.3) is 0 Å². The number of carbonyl (C=O) groups is 4. The molecular weight excluding hydrogens is 905 g/mol. The molecule has 1 aliphatic rings. The number of imidazole rings is 1. The third-order valence-electron chi connectivity index (χ3n) is 12.9. The molecule has 2 N–H and O–H groups in total. The van der Waals surface area contributed by atoms with Gasteiger partial charge in [0.1, 0.15) is 36.4 Å². The van der Waals surface area contributed by atoms with Gasteiger partial charge in [-0.3, -0.25) is 19.2 Å². The van der Waals surface area contributed by atoms with E-state index in [4.69, 9.17) is 14.0 Å². The van der Waals surface area contributed by atoms with Crippen LogP contribution in [0.15, 0.2) is 89.2 Å². The van der Waals surface area contributed by atoms with Crippen LogP contribution >= 0.6 is 11.3 Å². The molecule has 3 amide bonds. The third kappa shape index (κ3) is 12.2. The van der Waals surface area contributed by atoms with Crippen molar-refractivity contribution < 1.29 is 33.2 Å². The molecule has 0 radical (unpaired) electrons. The van der Waals surface area contributed by atoms with Crippen molar-refractivity contribution in [3.8, 4) is 27.3 Å². The Kier molecular flexibility index (Phi) is 16.4. The molecule has 0 unspecified atom stereocenters. The monoisotopic (exact) mass is 970 g/mol. The quantitative estimate of drug-likeness (QED) is 0.0585. The van der Waals surface area contributed by atoms with Crippen molar-refractivity contribution in [2.24, 2.45) is 5.41 Å². The summed E-state index contributed by atoms with van der Waals surface area (Å²) < 4.78 is 19.0. The predicted octanol–water partition coefficient (Wildman–Crippen LogP) is 9.46. The number of benzene rings is 3. The number of rotatable bonds is 19. The highest BCUT2D eigenvalue weighted by molar-refractivity contribution is 7.13. The van der Waals surface area contributed by atoms with Gasteiger partial charge in [0.05, 0.1) is 34.4 Å². The second kappa shape index (κ2) is 22.4. The molecular formula is C54H66N8O7S. The van der Waals surface area contributed by atoms with Gasteiger partial charge >= 0.3 is 5.97 Å². The fourth-order valence-electron chi connectivity index (χ4n) is 9.12. The van der Waals surface area contributed by atoms with Crippen LogP contribution in [0.3, 0.4) is 0 Å². The number of aryl methyl sites for hydroxylation is 5. The lowest BCUT2D eigenvalue weighted by Crippen LogP contribution is -2.58. The fraction of sp³-hybridized carbons (Fsp3) is 0.426. The van der Waals surface area contributed by atoms with E-state index in [-0.39, 0.29) is 31.5 Å². The number of aromatic nitrogens is 4. The van der Waals surface area contributed by atoms with Gasteiger partial charge in [-0.2, -0.15) is 0 Å². The number of hydrogen-bond donors (Lipinski definition) is 2. The van der Waals surface area contributed by atoms with Crippen molar-refractivity contribution in [3.05, 3.63) is 119 Å². The third-order valence-corrected chi connectivity index (χ3v) is 13.8.